The van der Waals surface area contributed by atoms with Gasteiger partial charge in [0.1, 0.15) is 11.3 Å². The first-order valence-corrected chi connectivity index (χ1v) is 8.42. The third-order valence-electron chi connectivity index (χ3n) is 4.57. The zero-order chi connectivity index (χ0) is 13.7. The Morgan fingerprint density at radius 2 is 1.90 bits per heavy atom. The highest BCUT2D eigenvalue weighted by Gasteiger charge is 2.43. The fourth-order valence-electron chi connectivity index (χ4n) is 3.41. The van der Waals surface area contributed by atoms with Crippen molar-refractivity contribution in [1.29, 1.82) is 0 Å². The second-order valence-electron chi connectivity index (χ2n) is 6.11. The molecule has 0 aliphatic heterocycles. The Morgan fingerprint density at radius 1 is 1.20 bits per heavy atom. The van der Waals surface area contributed by atoms with E-state index in [-0.39, 0.29) is 0 Å². The molecule has 4 rings (SSSR count). The summed E-state index contributed by atoms with van der Waals surface area (Å²) in [6, 6.07) is 6.74. The number of hydrogen-bond donors (Lipinski definition) is 0. The van der Waals surface area contributed by atoms with E-state index in [1.807, 2.05) is 12.1 Å². The number of para-hydroxylation sites is 1. The maximum atomic E-state index is 6.33. The van der Waals surface area contributed by atoms with Crippen LogP contribution in [0.1, 0.15) is 37.5 Å². The minimum Gasteiger partial charge on any atom is -0.324 e. The molecule has 0 N–H and O–H groups in total. The van der Waals surface area contributed by atoms with Crippen LogP contribution in [0.25, 0.3) is 11.0 Å². The Kier molecular flexibility index (Phi) is 3.19. The van der Waals surface area contributed by atoms with Gasteiger partial charge in [-0.15, -0.1) is 11.6 Å². The summed E-state index contributed by atoms with van der Waals surface area (Å²) < 4.78 is 2.47. The average molecular weight is 309 g/mol. The second kappa shape index (κ2) is 4.92. The molecule has 0 atom stereocenters. The Morgan fingerprint density at radius 3 is 2.50 bits per heavy atom. The van der Waals surface area contributed by atoms with Gasteiger partial charge in [0.15, 0.2) is 0 Å². The number of imidazole rings is 1. The quantitative estimate of drug-likeness (QED) is 0.723. The lowest BCUT2D eigenvalue weighted by molar-refractivity contribution is 0.393. The summed E-state index contributed by atoms with van der Waals surface area (Å²) in [5.41, 5.74) is 2.14. The fraction of sp³-hybridized carbons (Fsp3) is 0.562. The van der Waals surface area contributed by atoms with Gasteiger partial charge in [-0.05, 0) is 49.7 Å². The van der Waals surface area contributed by atoms with Gasteiger partial charge >= 0.3 is 0 Å². The summed E-state index contributed by atoms with van der Waals surface area (Å²) in [5.74, 6) is 3.41. The third-order valence-corrected chi connectivity index (χ3v) is 5.06. The molecule has 2 fully saturated rings. The van der Waals surface area contributed by atoms with Gasteiger partial charge in [0.2, 0.25) is 0 Å². The number of aromatic nitrogens is 2. The molecule has 1 aromatic heterocycles. The zero-order valence-corrected chi connectivity index (χ0v) is 12.9. The molecule has 0 radical (unpaired) electrons. The van der Waals surface area contributed by atoms with Crippen molar-refractivity contribution in [2.45, 2.75) is 38.1 Å². The number of benzene rings is 1. The van der Waals surface area contributed by atoms with Crippen LogP contribution < -0.4 is 0 Å². The molecule has 4 heteroatoms. The molecule has 1 heterocycles. The van der Waals surface area contributed by atoms with E-state index in [1.54, 1.807) is 0 Å². The van der Waals surface area contributed by atoms with Gasteiger partial charge in [0, 0.05) is 18.3 Å². The first kappa shape index (κ1) is 13.0. The van der Waals surface area contributed by atoms with Crippen LogP contribution in [-0.2, 0) is 6.42 Å². The van der Waals surface area contributed by atoms with E-state index in [0.717, 1.165) is 34.6 Å². The van der Waals surface area contributed by atoms with Gasteiger partial charge in [0.25, 0.3) is 0 Å². The molecule has 20 heavy (non-hydrogen) atoms. The lowest BCUT2D eigenvalue weighted by Gasteiger charge is -2.21. The van der Waals surface area contributed by atoms with Crippen LogP contribution in [0.15, 0.2) is 18.2 Å². The van der Waals surface area contributed by atoms with Crippen molar-refractivity contribution in [3.63, 3.8) is 0 Å². The minimum atomic E-state index is 0.614. The summed E-state index contributed by atoms with van der Waals surface area (Å²) in [7, 11) is 0. The van der Waals surface area contributed by atoms with Gasteiger partial charge in [0.05, 0.1) is 10.5 Å². The van der Waals surface area contributed by atoms with Crippen molar-refractivity contribution in [3.8, 4) is 0 Å². The number of halogens is 2. The smallest absolute Gasteiger partial charge is 0.111 e. The highest BCUT2D eigenvalue weighted by atomic mass is 35.5. The zero-order valence-electron chi connectivity index (χ0n) is 11.4. The van der Waals surface area contributed by atoms with E-state index in [0.29, 0.717) is 11.9 Å². The molecule has 0 spiro atoms. The maximum Gasteiger partial charge on any atom is 0.111 e. The number of aryl methyl sites for hydroxylation is 1. The Labute approximate surface area is 129 Å². The highest BCUT2D eigenvalue weighted by Crippen LogP contribution is 2.53. The predicted molar refractivity (Wildman–Crippen MR) is 83.7 cm³/mol. The van der Waals surface area contributed by atoms with Crippen molar-refractivity contribution in [2.24, 2.45) is 11.8 Å². The predicted octanol–water partition coefficient (Wildman–Crippen LogP) is 4.83. The number of alkyl halides is 1. The molecule has 1 aromatic carbocycles. The largest absolute Gasteiger partial charge is 0.324 e. The molecule has 0 bridgehead atoms. The van der Waals surface area contributed by atoms with E-state index >= 15 is 0 Å². The van der Waals surface area contributed by atoms with Crippen LogP contribution in [0.4, 0.5) is 0 Å². The number of rotatable bonds is 5. The van der Waals surface area contributed by atoms with Crippen LogP contribution in [0.3, 0.4) is 0 Å². The van der Waals surface area contributed by atoms with Gasteiger partial charge in [-0.25, -0.2) is 4.98 Å². The molecule has 2 saturated carbocycles. The van der Waals surface area contributed by atoms with Crippen LogP contribution in [0.2, 0.25) is 5.02 Å². The SMILES string of the molecule is ClCCc1nc2c(Cl)cccc2n1C(C1CC1)C1CC1. The number of hydrogen-bond acceptors (Lipinski definition) is 1. The molecule has 0 saturated heterocycles. The monoisotopic (exact) mass is 308 g/mol. The van der Waals surface area contributed by atoms with Gasteiger partial charge in [-0.3, -0.25) is 0 Å². The summed E-state index contributed by atoms with van der Waals surface area (Å²) >= 11 is 12.3. The molecular weight excluding hydrogens is 291 g/mol. The van der Waals surface area contributed by atoms with Crippen molar-refractivity contribution in [1.82, 2.24) is 9.55 Å². The van der Waals surface area contributed by atoms with Crippen LogP contribution in [-0.4, -0.2) is 15.4 Å². The number of nitrogens with zero attached hydrogens (tertiary/aromatic N) is 2. The Bertz CT molecular complexity index is 629. The van der Waals surface area contributed by atoms with Gasteiger partial charge in [-0.2, -0.15) is 0 Å². The molecule has 0 unspecified atom stereocenters. The highest BCUT2D eigenvalue weighted by molar-refractivity contribution is 6.34. The van der Waals surface area contributed by atoms with E-state index < -0.39 is 0 Å². The van der Waals surface area contributed by atoms with E-state index in [4.69, 9.17) is 28.2 Å². The van der Waals surface area contributed by atoms with Crippen molar-refractivity contribution in [3.05, 3.63) is 29.0 Å². The van der Waals surface area contributed by atoms with Gasteiger partial charge in [-0.1, -0.05) is 17.7 Å². The molecule has 0 amide bonds. The summed E-state index contributed by atoms with van der Waals surface area (Å²) in [6.45, 7) is 0. The van der Waals surface area contributed by atoms with Crippen molar-refractivity contribution in [2.75, 3.05) is 5.88 Å². The number of fused-ring (bicyclic) bond motifs is 1. The lowest BCUT2D eigenvalue weighted by atomic mass is 10.1. The third kappa shape index (κ3) is 2.14. The molecule has 2 aliphatic carbocycles. The summed E-state index contributed by atoms with van der Waals surface area (Å²) in [6.07, 6.45) is 6.27. The van der Waals surface area contributed by atoms with Crippen molar-refractivity contribution < 1.29 is 0 Å². The molecule has 2 nitrogen and oxygen atoms in total. The maximum absolute atomic E-state index is 6.33. The first-order valence-electron chi connectivity index (χ1n) is 7.51. The Balaban J connectivity index is 1.90. The van der Waals surface area contributed by atoms with Crippen LogP contribution in [0, 0.1) is 11.8 Å². The van der Waals surface area contributed by atoms with E-state index in [1.165, 1.54) is 31.2 Å². The lowest BCUT2D eigenvalue weighted by Crippen LogP contribution is -2.16. The standard InChI is InChI=1S/C16H18Cl2N2/c17-9-8-14-19-15-12(18)2-1-3-13(15)20(14)16(10-4-5-10)11-6-7-11/h1-3,10-11,16H,4-9H2. The van der Waals surface area contributed by atoms with E-state index in [2.05, 4.69) is 10.6 Å². The molecule has 2 aromatic rings. The normalized spacial score (nSPS) is 19.1. The minimum absolute atomic E-state index is 0.614. The van der Waals surface area contributed by atoms with Crippen molar-refractivity contribution >= 4 is 34.2 Å². The van der Waals surface area contributed by atoms with E-state index in [9.17, 15) is 0 Å². The summed E-state index contributed by atoms with van der Waals surface area (Å²) in [5, 5.41) is 0.752. The van der Waals surface area contributed by atoms with Crippen LogP contribution in [0.5, 0.6) is 0 Å². The first-order chi connectivity index (χ1) is 9.79. The summed E-state index contributed by atoms with van der Waals surface area (Å²) in [4.78, 5) is 4.79. The molecular formula is C16H18Cl2N2. The Hall–Kier alpha value is -0.730. The molecule has 2 aliphatic rings. The van der Waals surface area contributed by atoms with Crippen LogP contribution >= 0.6 is 23.2 Å². The fourth-order valence-corrected chi connectivity index (χ4v) is 3.79. The van der Waals surface area contributed by atoms with Gasteiger partial charge < -0.3 is 4.57 Å². The topological polar surface area (TPSA) is 17.8 Å². The average Bonchev–Trinajstić information content (AvgIpc) is 3.33. The molecule has 106 valence electrons. The second-order valence-corrected chi connectivity index (χ2v) is 6.90.